The molecule has 1 saturated carbocycles. The van der Waals surface area contributed by atoms with Crippen molar-refractivity contribution in [3.63, 3.8) is 0 Å². The van der Waals surface area contributed by atoms with E-state index in [9.17, 15) is 4.79 Å². The predicted octanol–water partition coefficient (Wildman–Crippen LogP) is 1.65. The Morgan fingerprint density at radius 1 is 1.17 bits per heavy atom. The van der Waals surface area contributed by atoms with Crippen molar-refractivity contribution in [2.24, 2.45) is 16.8 Å². The van der Waals surface area contributed by atoms with E-state index in [0.717, 1.165) is 44.9 Å². The first-order chi connectivity index (χ1) is 11.8. The minimum absolute atomic E-state index is 0.205. The number of hydrogen-bond acceptors (Lipinski definition) is 2. The molecule has 0 spiro atoms. The number of carbonyl (C=O) groups excluding carboxylic acids is 1. The summed E-state index contributed by atoms with van der Waals surface area (Å²) in [6.45, 7) is 3.48. The summed E-state index contributed by atoms with van der Waals surface area (Å²) in [5, 5.41) is 6.35. The van der Waals surface area contributed by atoms with Gasteiger partial charge in [0.2, 0.25) is 5.91 Å². The third-order valence-corrected chi connectivity index (χ3v) is 4.82. The maximum absolute atomic E-state index is 11.6. The molecule has 2 N–H and O–H groups in total. The van der Waals surface area contributed by atoms with Gasteiger partial charge in [0.1, 0.15) is 0 Å². The van der Waals surface area contributed by atoms with Gasteiger partial charge in [0.05, 0.1) is 0 Å². The monoisotopic (exact) mass is 328 g/mol. The smallest absolute Gasteiger partial charge is 0.223 e. The van der Waals surface area contributed by atoms with Crippen LogP contribution in [0.2, 0.25) is 0 Å². The van der Waals surface area contributed by atoms with Gasteiger partial charge in [-0.15, -0.1) is 0 Å². The molecule has 5 nitrogen and oxygen atoms in total. The molecule has 2 fully saturated rings. The van der Waals surface area contributed by atoms with Crippen molar-refractivity contribution in [3.05, 3.63) is 35.9 Å². The average Bonchev–Trinajstić information content (AvgIpc) is 3.36. The summed E-state index contributed by atoms with van der Waals surface area (Å²) < 4.78 is 0. The number of nitrogens with one attached hydrogen (secondary N) is 2. The largest absolute Gasteiger partial charge is 0.354 e. The second-order valence-corrected chi connectivity index (χ2v) is 6.83. The summed E-state index contributed by atoms with van der Waals surface area (Å²) in [6, 6.07) is 10.7. The number of guanidine groups is 1. The number of hydrogen-bond donors (Lipinski definition) is 2. The molecule has 0 radical (unpaired) electrons. The van der Waals surface area contributed by atoms with Crippen LogP contribution in [0, 0.1) is 11.8 Å². The lowest BCUT2D eigenvalue weighted by Crippen LogP contribution is -2.43. The Kier molecular flexibility index (Phi) is 5.72. The number of benzene rings is 1. The lowest BCUT2D eigenvalue weighted by molar-refractivity contribution is -0.122. The number of amides is 1. The van der Waals surface area contributed by atoms with Gasteiger partial charge in [-0.05, 0) is 37.2 Å². The zero-order valence-electron chi connectivity index (χ0n) is 14.5. The fourth-order valence-corrected chi connectivity index (χ4v) is 3.32. The van der Waals surface area contributed by atoms with Crippen molar-refractivity contribution >= 4 is 11.9 Å². The molecule has 1 aromatic carbocycles. The molecule has 1 aromatic rings. The van der Waals surface area contributed by atoms with Gasteiger partial charge in [-0.1, -0.05) is 30.3 Å². The predicted molar refractivity (Wildman–Crippen MR) is 96.9 cm³/mol. The minimum atomic E-state index is 0.205. The number of rotatable bonds is 6. The first-order valence-electron chi connectivity index (χ1n) is 9.03. The minimum Gasteiger partial charge on any atom is -0.354 e. The van der Waals surface area contributed by atoms with Crippen LogP contribution in [0.1, 0.15) is 24.8 Å². The lowest BCUT2D eigenvalue weighted by Gasteiger charge is -2.22. The van der Waals surface area contributed by atoms with Gasteiger partial charge in [-0.2, -0.15) is 0 Å². The van der Waals surface area contributed by atoms with Gasteiger partial charge >= 0.3 is 0 Å². The van der Waals surface area contributed by atoms with Gasteiger partial charge in [0, 0.05) is 39.1 Å². The molecule has 1 aliphatic heterocycles. The number of likely N-dealkylation sites (tertiary alicyclic amines) is 1. The highest BCUT2D eigenvalue weighted by molar-refractivity contribution is 5.81. The third-order valence-electron chi connectivity index (χ3n) is 4.82. The van der Waals surface area contributed by atoms with Crippen LogP contribution in [0.15, 0.2) is 35.3 Å². The van der Waals surface area contributed by atoms with Crippen LogP contribution in [0.4, 0.5) is 0 Å². The van der Waals surface area contributed by atoms with Crippen LogP contribution in [0.5, 0.6) is 0 Å². The second kappa shape index (κ2) is 8.18. The Morgan fingerprint density at radius 3 is 2.62 bits per heavy atom. The molecule has 1 heterocycles. The van der Waals surface area contributed by atoms with Crippen LogP contribution in [-0.2, 0) is 11.2 Å². The summed E-state index contributed by atoms with van der Waals surface area (Å²) in [5.74, 6) is 2.12. The Balaban J connectivity index is 1.39. The van der Waals surface area contributed by atoms with Crippen molar-refractivity contribution in [1.82, 2.24) is 15.5 Å². The molecule has 1 aliphatic carbocycles. The molecule has 1 amide bonds. The van der Waals surface area contributed by atoms with E-state index in [1.807, 2.05) is 7.05 Å². The molecule has 24 heavy (non-hydrogen) atoms. The van der Waals surface area contributed by atoms with Crippen molar-refractivity contribution in [3.8, 4) is 0 Å². The van der Waals surface area contributed by atoms with E-state index in [-0.39, 0.29) is 11.8 Å². The summed E-state index contributed by atoms with van der Waals surface area (Å²) in [7, 11) is 1.83. The molecule has 1 saturated heterocycles. The Labute approximate surface area is 144 Å². The molecular weight excluding hydrogens is 300 g/mol. The number of nitrogens with zero attached hydrogens (tertiary/aromatic N) is 2. The zero-order valence-corrected chi connectivity index (χ0v) is 14.5. The first-order valence-corrected chi connectivity index (χ1v) is 9.03. The van der Waals surface area contributed by atoms with E-state index in [0.29, 0.717) is 12.5 Å². The number of aliphatic imine (C=N–C) groups is 1. The summed E-state index contributed by atoms with van der Waals surface area (Å²) in [5.41, 5.74) is 1.41. The van der Waals surface area contributed by atoms with Gasteiger partial charge in [0.15, 0.2) is 5.96 Å². The molecule has 0 bridgehead atoms. The fraction of sp³-hybridized carbons (Fsp3) is 0.579. The average molecular weight is 328 g/mol. The molecule has 3 rings (SSSR count). The van der Waals surface area contributed by atoms with Crippen molar-refractivity contribution in [2.75, 3.05) is 33.2 Å². The molecule has 5 heteroatoms. The Bertz CT molecular complexity index is 568. The van der Waals surface area contributed by atoms with E-state index in [4.69, 9.17) is 0 Å². The van der Waals surface area contributed by atoms with E-state index < -0.39 is 0 Å². The topological polar surface area (TPSA) is 56.7 Å². The highest BCUT2D eigenvalue weighted by atomic mass is 16.2. The van der Waals surface area contributed by atoms with E-state index in [1.165, 1.54) is 12.0 Å². The maximum Gasteiger partial charge on any atom is 0.223 e. The van der Waals surface area contributed by atoms with Gasteiger partial charge in [-0.25, -0.2) is 0 Å². The highest BCUT2D eigenvalue weighted by Crippen LogP contribution is 2.28. The first kappa shape index (κ1) is 16.8. The Morgan fingerprint density at radius 2 is 1.92 bits per heavy atom. The van der Waals surface area contributed by atoms with Crippen LogP contribution < -0.4 is 10.6 Å². The van der Waals surface area contributed by atoms with Crippen LogP contribution in [0.25, 0.3) is 0 Å². The van der Waals surface area contributed by atoms with Crippen LogP contribution >= 0.6 is 0 Å². The van der Waals surface area contributed by atoms with Crippen molar-refractivity contribution < 1.29 is 4.79 Å². The Hall–Kier alpha value is -2.04. The third kappa shape index (κ3) is 4.73. The van der Waals surface area contributed by atoms with E-state index in [1.54, 1.807) is 0 Å². The SMILES string of the molecule is CN=C(NCCNC(=O)C1CC1)N1CCC(Cc2ccccc2)C1. The van der Waals surface area contributed by atoms with E-state index >= 15 is 0 Å². The number of carbonyl (C=O) groups is 1. The quantitative estimate of drug-likeness (QED) is 0.474. The second-order valence-electron chi connectivity index (χ2n) is 6.83. The maximum atomic E-state index is 11.6. The fourth-order valence-electron chi connectivity index (χ4n) is 3.32. The molecule has 1 unspecified atom stereocenters. The molecular formula is C19H28N4O. The van der Waals surface area contributed by atoms with Crippen molar-refractivity contribution in [1.29, 1.82) is 0 Å². The van der Waals surface area contributed by atoms with Crippen LogP contribution in [-0.4, -0.2) is 50.0 Å². The molecule has 1 atom stereocenters. The standard InChI is InChI=1S/C19H28N4O/c1-20-19(22-11-10-21-18(24)17-7-8-17)23-12-9-16(14-23)13-15-5-3-2-4-6-15/h2-6,16-17H,7-14H2,1H3,(H,20,22)(H,21,24). The van der Waals surface area contributed by atoms with Gasteiger partial charge in [-0.3, -0.25) is 9.79 Å². The lowest BCUT2D eigenvalue weighted by atomic mass is 9.99. The molecule has 0 aromatic heterocycles. The van der Waals surface area contributed by atoms with Crippen molar-refractivity contribution in [2.45, 2.75) is 25.7 Å². The van der Waals surface area contributed by atoms with Gasteiger partial charge < -0.3 is 15.5 Å². The molecule has 2 aliphatic rings. The van der Waals surface area contributed by atoms with Gasteiger partial charge in [0.25, 0.3) is 0 Å². The summed E-state index contributed by atoms with van der Waals surface area (Å²) >= 11 is 0. The highest BCUT2D eigenvalue weighted by Gasteiger charge is 2.29. The molecule has 130 valence electrons. The van der Waals surface area contributed by atoms with Crippen LogP contribution in [0.3, 0.4) is 0 Å². The normalized spacial score (nSPS) is 21.0. The van der Waals surface area contributed by atoms with E-state index in [2.05, 4.69) is 50.9 Å². The summed E-state index contributed by atoms with van der Waals surface area (Å²) in [4.78, 5) is 18.3. The summed E-state index contributed by atoms with van der Waals surface area (Å²) in [6.07, 6.45) is 4.44. The zero-order chi connectivity index (χ0) is 16.8.